The lowest BCUT2D eigenvalue weighted by Gasteiger charge is -2.20. The van der Waals surface area contributed by atoms with Gasteiger partial charge >= 0.3 is 0 Å². The van der Waals surface area contributed by atoms with E-state index in [1.807, 2.05) is 0 Å². The molecule has 0 aromatic heterocycles. The molecule has 2 aromatic rings. The van der Waals surface area contributed by atoms with Crippen LogP contribution in [0.2, 0.25) is 10.0 Å². The second-order valence-electron chi connectivity index (χ2n) is 5.24. The lowest BCUT2D eigenvalue weighted by molar-refractivity contribution is 0.102. The number of halogens is 2. The van der Waals surface area contributed by atoms with Crippen molar-refractivity contribution in [3.05, 3.63) is 70.7 Å². The summed E-state index contributed by atoms with van der Waals surface area (Å²) < 4.78 is 24.8. The summed E-state index contributed by atoms with van der Waals surface area (Å²) in [7, 11) is -3.44. The molecule has 8 heteroatoms. The summed E-state index contributed by atoms with van der Waals surface area (Å²) in [5, 5.41) is 3.51. The topological polar surface area (TPSA) is 66.5 Å². The van der Waals surface area contributed by atoms with E-state index in [4.69, 9.17) is 23.2 Å². The molecule has 0 heterocycles. The molecular weight excluding hydrogens is 383 g/mol. The Morgan fingerprint density at radius 3 is 2.20 bits per heavy atom. The van der Waals surface area contributed by atoms with Gasteiger partial charge in [0.25, 0.3) is 5.91 Å². The number of amides is 1. The molecule has 0 aliphatic heterocycles. The molecule has 0 aliphatic carbocycles. The van der Waals surface area contributed by atoms with Crippen molar-refractivity contribution in [1.82, 2.24) is 0 Å². The molecule has 0 fully saturated rings. The van der Waals surface area contributed by atoms with Crippen LogP contribution in [0.15, 0.2) is 55.1 Å². The van der Waals surface area contributed by atoms with Crippen molar-refractivity contribution in [2.24, 2.45) is 0 Å². The molecule has 0 saturated carbocycles. The number of carbonyl (C=O) groups is 1. The normalized spacial score (nSPS) is 11.0. The fourth-order valence-electron chi connectivity index (χ4n) is 2.16. The van der Waals surface area contributed by atoms with Gasteiger partial charge in [-0.25, -0.2) is 8.42 Å². The summed E-state index contributed by atoms with van der Waals surface area (Å²) in [4.78, 5) is 12.3. The molecule has 2 rings (SSSR count). The number of hydrogen-bond donors (Lipinski definition) is 1. The minimum atomic E-state index is -3.44. The van der Waals surface area contributed by atoms with E-state index in [0.717, 1.165) is 6.26 Å². The summed E-state index contributed by atoms with van der Waals surface area (Å²) in [5.74, 6) is -0.362. The molecule has 0 spiro atoms. The highest BCUT2D eigenvalue weighted by Gasteiger charge is 2.16. The number of carbonyl (C=O) groups excluding carboxylic acids is 1. The van der Waals surface area contributed by atoms with Gasteiger partial charge in [-0.2, -0.15) is 0 Å². The van der Waals surface area contributed by atoms with Crippen molar-refractivity contribution < 1.29 is 13.2 Å². The van der Waals surface area contributed by atoms with Gasteiger partial charge in [-0.1, -0.05) is 29.3 Å². The lowest BCUT2D eigenvalue weighted by Crippen LogP contribution is -2.29. The molecule has 0 unspecified atom stereocenters. The van der Waals surface area contributed by atoms with Gasteiger partial charge in [-0.05, 0) is 42.5 Å². The van der Waals surface area contributed by atoms with Crippen molar-refractivity contribution in [3.63, 3.8) is 0 Å². The van der Waals surface area contributed by atoms with E-state index in [2.05, 4.69) is 11.9 Å². The van der Waals surface area contributed by atoms with Crippen molar-refractivity contribution >= 4 is 50.5 Å². The number of rotatable bonds is 6. The van der Waals surface area contributed by atoms with Crippen molar-refractivity contribution in [2.75, 3.05) is 22.4 Å². The van der Waals surface area contributed by atoms with Crippen LogP contribution in [-0.4, -0.2) is 27.1 Å². The summed E-state index contributed by atoms with van der Waals surface area (Å²) >= 11 is 11.8. The quantitative estimate of drug-likeness (QED) is 0.741. The highest BCUT2D eigenvalue weighted by atomic mass is 35.5. The molecule has 1 N–H and O–H groups in total. The molecule has 0 saturated heterocycles. The Hall–Kier alpha value is -2.02. The minimum absolute atomic E-state index is 0.144. The summed E-state index contributed by atoms with van der Waals surface area (Å²) in [6, 6.07) is 10.9. The van der Waals surface area contributed by atoms with Gasteiger partial charge in [0.1, 0.15) is 0 Å². The van der Waals surface area contributed by atoms with Crippen LogP contribution < -0.4 is 9.62 Å². The molecule has 0 atom stereocenters. The second kappa shape index (κ2) is 7.91. The lowest BCUT2D eigenvalue weighted by atomic mass is 10.2. The van der Waals surface area contributed by atoms with Gasteiger partial charge in [0.2, 0.25) is 10.0 Å². The monoisotopic (exact) mass is 398 g/mol. The molecule has 25 heavy (non-hydrogen) atoms. The van der Waals surface area contributed by atoms with Crippen LogP contribution in [0.3, 0.4) is 0 Å². The zero-order valence-corrected chi connectivity index (χ0v) is 15.7. The number of nitrogens with zero attached hydrogens (tertiary/aromatic N) is 1. The van der Waals surface area contributed by atoms with E-state index in [0.29, 0.717) is 27.0 Å². The first kappa shape index (κ1) is 19.3. The molecule has 1 amide bonds. The largest absolute Gasteiger partial charge is 0.322 e. The standard InChI is InChI=1S/C17H16Cl2N2O3S/c1-3-8-21(25(2,23)24)16-6-4-12(5-7-16)17(22)20-15-10-13(18)9-14(19)11-15/h3-7,9-11H,1,8H2,2H3,(H,20,22). The van der Waals surface area contributed by atoms with E-state index < -0.39 is 10.0 Å². The zero-order chi connectivity index (χ0) is 18.6. The predicted molar refractivity (Wildman–Crippen MR) is 103 cm³/mol. The van der Waals surface area contributed by atoms with Crippen LogP contribution in [0.1, 0.15) is 10.4 Å². The summed E-state index contributed by atoms with van der Waals surface area (Å²) in [5.41, 5.74) is 1.28. The smallest absolute Gasteiger partial charge is 0.255 e. The van der Waals surface area contributed by atoms with Gasteiger partial charge in [0.15, 0.2) is 0 Å². The van der Waals surface area contributed by atoms with E-state index >= 15 is 0 Å². The van der Waals surface area contributed by atoms with E-state index in [1.165, 1.54) is 22.5 Å². The number of benzene rings is 2. The molecule has 0 bridgehead atoms. The van der Waals surface area contributed by atoms with Crippen molar-refractivity contribution in [2.45, 2.75) is 0 Å². The van der Waals surface area contributed by atoms with Gasteiger partial charge in [-0.15, -0.1) is 6.58 Å². The minimum Gasteiger partial charge on any atom is -0.322 e. The maximum atomic E-state index is 12.3. The highest BCUT2D eigenvalue weighted by molar-refractivity contribution is 7.92. The van der Waals surface area contributed by atoms with Crippen LogP contribution >= 0.6 is 23.2 Å². The molecule has 132 valence electrons. The Bertz CT molecular complexity index is 876. The van der Waals surface area contributed by atoms with Crippen LogP contribution in [0, 0.1) is 0 Å². The highest BCUT2D eigenvalue weighted by Crippen LogP contribution is 2.23. The Labute approximate surface area is 156 Å². The number of sulfonamides is 1. The first-order chi connectivity index (χ1) is 11.7. The Balaban J connectivity index is 2.21. The van der Waals surface area contributed by atoms with Crippen LogP contribution in [-0.2, 0) is 10.0 Å². The van der Waals surface area contributed by atoms with E-state index in [1.54, 1.807) is 30.3 Å². The predicted octanol–water partition coefficient (Wildman–Crippen LogP) is 4.20. The van der Waals surface area contributed by atoms with Crippen LogP contribution in [0.5, 0.6) is 0 Å². The van der Waals surface area contributed by atoms with Gasteiger partial charge in [0, 0.05) is 21.3 Å². The molecule has 0 radical (unpaired) electrons. The number of anilines is 2. The molecule has 0 aliphatic rings. The zero-order valence-electron chi connectivity index (χ0n) is 13.4. The van der Waals surface area contributed by atoms with Gasteiger partial charge in [-0.3, -0.25) is 9.10 Å². The first-order valence-electron chi connectivity index (χ1n) is 7.17. The molecular formula is C17H16Cl2N2O3S. The maximum Gasteiger partial charge on any atom is 0.255 e. The Kier molecular flexibility index (Phi) is 6.11. The Morgan fingerprint density at radius 1 is 1.16 bits per heavy atom. The van der Waals surface area contributed by atoms with E-state index in [-0.39, 0.29) is 12.5 Å². The third-order valence-corrected chi connectivity index (χ3v) is 4.83. The van der Waals surface area contributed by atoms with Gasteiger partial charge < -0.3 is 5.32 Å². The molecule has 2 aromatic carbocycles. The van der Waals surface area contributed by atoms with Crippen LogP contribution in [0.4, 0.5) is 11.4 Å². The molecule has 5 nitrogen and oxygen atoms in total. The van der Waals surface area contributed by atoms with Crippen molar-refractivity contribution in [1.29, 1.82) is 0 Å². The van der Waals surface area contributed by atoms with Crippen LogP contribution in [0.25, 0.3) is 0 Å². The summed E-state index contributed by atoms with van der Waals surface area (Å²) in [6.07, 6.45) is 2.60. The second-order valence-corrected chi connectivity index (χ2v) is 8.02. The fraction of sp³-hybridized carbons (Fsp3) is 0.118. The van der Waals surface area contributed by atoms with E-state index in [9.17, 15) is 13.2 Å². The third-order valence-electron chi connectivity index (χ3n) is 3.23. The first-order valence-corrected chi connectivity index (χ1v) is 9.77. The fourth-order valence-corrected chi connectivity index (χ4v) is 3.56. The number of hydrogen-bond acceptors (Lipinski definition) is 3. The van der Waals surface area contributed by atoms with Gasteiger partial charge in [0.05, 0.1) is 18.5 Å². The number of nitrogens with one attached hydrogen (secondary N) is 1. The average Bonchev–Trinajstić information content (AvgIpc) is 2.50. The van der Waals surface area contributed by atoms with Crippen molar-refractivity contribution in [3.8, 4) is 0 Å². The average molecular weight is 399 g/mol. The third kappa shape index (κ3) is 5.22. The maximum absolute atomic E-state index is 12.3. The SMILES string of the molecule is C=CCN(c1ccc(C(=O)Nc2cc(Cl)cc(Cl)c2)cc1)S(C)(=O)=O. The summed E-state index contributed by atoms with van der Waals surface area (Å²) in [6.45, 7) is 3.70. The Morgan fingerprint density at radius 2 is 1.72 bits per heavy atom.